The van der Waals surface area contributed by atoms with Gasteiger partial charge in [0.05, 0.1) is 13.2 Å². The summed E-state index contributed by atoms with van der Waals surface area (Å²) in [6.45, 7) is 9.42. The second kappa shape index (κ2) is 5.03. The Morgan fingerprint density at radius 1 is 1.31 bits per heavy atom. The Kier molecular flexibility index (Phi) is 4.18. The lowest BCUT2D eigenvalue weighted by Crippen LogP contribution is -2.46. The Morgan fingerprint density at radius 2 is 1.88 bits per heavy atom. The van der Waals surface area contributed by atoms with E-state index in [-0.39, 0.29) is 5.41 Å². The summed E-state index contributed by atoms with van der Waals surface area (Å²) in [5, 5.41) is 0. The fourth-order valence-electron chi connectivity index (χ4n) is 1.67. The first kappa shape index (κ1) is 13.3. The lowest BCUT2D eigenvalue weighted by Gasteiger charge is -2.42. The maximum Gasteiger partial charge on any atom is 0.162 e. The van der Waals surface area contributed by atoms with Crippen LogP contribution in [0, 0.1) is 17.8 Å². The Bertz CT molecular complexity index is 293. The number of ether oxygens (including phenoxy) is 2. The minimum Gasteiger partial charge on any atom is -0.350 e. The molecule has 0 atom stereocenters. The van der Waals surface area contributed by atoms with Gasteiger partial charge in [0.2, 0.25) is 0 Å². The molecule has 0 aromatic carbocycles. The van der Waals surface area contributed by atoms with Crippen LogP contribution in [0.5, 0.6) is 0 Å². The van der Waals surface area contributed by atoms with E-state index in [0.29, 0.717) is 19.6 Å². The maximum absolute atomic E-state index is 5.72. The van der Waals surface area contributed by atoms with Crippen molar-refractivity contribution in [3.8, 4) is 12.3 Å². The molecule has 2 nitrogen and oxygen atoms in total. The Morgan fingerprint density at radius 3 is 2.31 bits per heavy atom. The fourth-order valence-corrected chi connectivity index (χ4v) is 1.67. The highest BCUT2D eigenvalue weighted by molar-refractivity contribution is 5.03. The summed E-state index contributed by atoms with van der Waals surface area (Å²) in [6, 6.07) is 0. The van der Waals surface area contributed by atoms with E-state index in [2.05, 4.69) is 25.8 Å². The molecule has 1 aliphatic heterocycles. The minimum atomic E-state index is -0.469. The van der Waals surface area contributed by atoms with Gasteiger partial charge < -0.3 is 9.47 Å². The molecule has 0 amide bonds. The van der Waals surface area contributed by atoms with Crippen molar-refractivity contribution < 1.29 is 9.47 Å². The molecule has 0 aromatic heterocycles. The molecule has 0 radical (unpaired) electrons. The number of rotatable bonds is 3. The first-order valence-corrected chi connectivity index (χ1v) is 5.74. The molecule has 1 aliphatic rings. The normalized spacial score (nSPS) is 22.2. The van der Waals surface area contributed by atoms with Crippen LogP contribution in [-0.4, -0.2) is 19.0 Å². The van der Waals surface area contributed by atoms with Gasteiger partial charge in [-0.05, 0) is 34.1 Å². The Balaban J connectivity index is 2.69. The molecule has 1 saturated heterocycles. The standard InChI is InChI=1S/C14H22O2/c1-6-8-14(9-7-12(2)3)10-15-13(4,5)16-11-14/h1,7H,8-11H2,2-5H3. The molecular weight excluding hydrogens is 200 g/mol. The summed E-state index contributed by atoms with van der Waals surface area (Å²) < 4.78 is 11.4. The highest BCUT2D eigenvalue weighted by Gasteiger charge is 2.38. The highest BCUT2D eigenvalue weighted by Crippen LogP contribution is 2.35. The number of hydrogen-bond acceptors (Lipinski definition) is 2. The van der Waals surface area contributed by atoms with E-state index >= 15 is 0 Å². The third-order valence-electron chi connectivity index (χ3n) is 2.87. The zero-order valence-corrected chi connectivity index (χ0v) is 10.8. The zero-order chi connectivity index (χ0) is 12.2. The first-order valence-electron chi connectivity index (χ1n) is 5.74. The molecule has 0 spiro atoms. The quantitative estimate of drug-likeness (QED) is 0.539. The van der Waals surface area contributed by atoms with Gasteiger partial charge in [0.1, 0.15) is 0 Å². The van der Waals surface area contributed by atoms with Crippen LogP contribution in [0.2, 0.25) is 0 Å². The largest absolute Gasteiger partial charge is 0.350 e. The van der Waals surface area contributed by atoms with Crippen molar-refractivity contribution in [3.63, 3.8) is 0 Å². The summed E-state index contributed by atoms with van der Waals surface area (Å²) >= 11 is 0. The van der Waals surface area contributed by atoms with Crippen molar-refractivity contribution in [2.24, 2.45) is 5.41 Å². The molecule has 0 aliphatic carbocycles. The number of terminal acetylenes is 1. The summed E-state index contributed by atoms with van der Waals surface area (Å²) in [5.41, 5.74) is 1.27. The molecule has 0 aromatic rings. The molecule has 0 unspecified atom stereocenters. The van der Waals surface area contributed by atoms with Gasteiger partial charge in [-0.25, -0.2) is 0 Å². The lowest BCUT2D eigenvalue weighted by atomic mass is 9.81. The molecule has 2 heteroatoms. The van der Waals surface area contributed by atoms with Crippen molar-refractivity contribution in [1.29, 1.82) is 0 Å². The van der Waals surface area contributed by atoms with E-state index in [1.165, 1.54) is 5.57 Å². The average Bonchev–Trinajstić information content (AvgIpc) is 2.20. The van der Waals surface area contributed by atoms with E-state index in [1.807, 2.05) is 13.8 Å². The van der Waals surface area contributed by atoms with Crippen LogP contribution in [0.4, 0.5) is 0 Å². The van der Waals surface area contributed by atoms with Crippen LogP contribution < -0.4 is 0 Å². The predicted molar refractivity (Wildman–Crippen MR) is 65.9 cm³/mol. The van der Waals surface area contributed by atoms with Gasteiger partial charge in [0.25, 0.3) is 0 Å². The zero-order valence-electron chi connectivity index (χ0n) is 10.8. The van der Waals surface area contributed by atoms with E-state index in [4.69, 9.17) is 15.9 Å². The summed E-state index contributed by atoms with van der Waals surface area (Å²) in [6.07, 6.45) is 9.27. The monoisotopic (exact) mass is 222 g/mol. The van der Waals surface area contributed by atoms with Gasteiger partial charge in [-0.2, -0.15) is 0 Å². The molecule has 0 bridgehead atoms. The average molecular weight is 222 g/mol. The van der Waals surface area contributed by atoms with E-state index in [1.54, 1.807) is 0 Å². The third kappa shape index (κ3) is 3.66. The predicted octanol–water partition coefficient (Wildman–Crippen LogP) is 3.14. The smallest absolute Gasteiger partial charge is 0.162 e. The van der Waals surface area contributed by atoms with Crippen molar-refractivity contribution in [3.05, 3.63) is 11.6 Å². The molecule has 16 heavy (non-hydrogen) atoms. The third-order valence-corrected chi connectivity index (χ3v) is 2.87. The summed E-state index contributed by atoms with van der Waals surface area (Å²) in [4.78, 5) is 0. The van der Waals surface area contributed by atoms with Crippen LogP contribution in [0.25, 0.3) is 0 Å². The molecule has 90 valence electrons. The molecule has 0 N–H and O–H groups in total. The second-order valence-corrected chi connectivity index (χ2v) is 5.34. The first-order chi connectivity index (χ1) is 7.39. The SMILES string of the molecule is C#CCC1(CC=C(C)C)COC(C)(C)OC1. The Hall–Kier alpha value is -0.780. The minimum absolute atomic E-state index is 0.0401. The van der Waals surface area contributed by atoms with Crippen LogP contribution in [0.15, 0.2) is 11.6 Å². The van der Waals surface area contributed by atoms with Gasteiger partial charge >= 0.3 is 0 Å². The van der Waals surface area contributed by atoms with Crippen molar-refractivity contribution in [1.82, 2.24) is 0 Å². The molecule has 1 heterocycles. The van der Waals surface area contributed by atoms with Gasteiger partial charge in [-0.3, -0.25) is 0 Å². The van der Waals surface area contributed by atoms with Crippen molar-refractivity contribution in [2.45, 2.75) is 46.3 Å². The molecule has 1 fully saturated rings. The fraction of sp³-hybridized carbons (Fsp3) is 0.714. The van der Waals surface area contributed by atoms with Crippen molar-refractivity contribution in [2.75, 3.05) is 13.2 Å². The summed E-state index contributed by atoms with van der Waals surface area (Å²) in [7, 11) is 0. The van der Waals surface area contributed by atoms with Gasteiger partial charge in [0, 0.05) is 11.8 Å². The van der Waals surface area contributed by atoms with Crippen LogP contribution in [-0.2, 0) is 9.47 Å². The maximum atomic E-state index is 5.72. The Labute approximate surface area is 99.0 Å². The van der Waals surface area contributed by atoms with Crippen molar-refractivity contribution >= 4 is 0 Å². The van der Waals surface area contributed by atoms with Crippen LogP contribution in [0.1, 0.15) is 40.5 Å². The second-order valence-electron chi connectivity index (χ2n) is 5.34. The van der Waals surface area contributed by atoms with Crippen LogP contribution >= 0.6 is 0 Å². The molecule has 1 rings (SSSR count). The highest BCUT2D eigenvalue weighted by atomic mass is 16.7. The molecule has 0 saturated carbocycles. The van der Waals surface area contributed by atoms with E-state index in [9.17, 15) is 0 Å². The van der Waals surface area contributed by atoms with E-state index in [0.717, 1.165) is 6.42 Å². The lowest BCUT2D eigenvalue weighted by molar-refractivity contribution is -0.284. The van der Waals surface area contributed by atoms with Gasteiger partial charge in [0.15, 0.2) is 5.79 Å². The van der Waals surface area contributed by atoms with Crippen LogP contribution in [0.3, 0.4) is 0 Å². The van der Waals surface area contributed by atoms with Gasteiger partial charge in [-0.15, -0.1) is 12.3 Å². The number of allylic oxidation sites excluding steroid dienone is 2. The molecular formula is C14H22O2. The van der Waals surface area contributed by atoms with E-state index < -0.39 is 5.79 Å². The summed E-state index contributed by atoms with van der Waals surface area (Å²) in [5.74, 6) is 2.27. The number of hydrogen-bond donors (Lipinski definition) is 0. The van der Waals surface area contributed by atoms with Gasteiger partial charge in [-0.1, -0.05) is 11.6 Å². The topological polar surface area (TPSA) is 18.5 Å².